The van der Waals surface area contributed by atoms with Crippen LogP contribution in [0.1, 0.15) is 6.42 Å². The Labute approximate surface area is 118 Å². The summed E-state index contributed by atoms with van der Waals surface area (Å²) >= 11 is 0. The van der Waals surface area contributed by atoms with E-state index in [4.69, 9.17) is 0 Å². The average Bonchev–Trinajstić information content (AvgIpc) is 2.78. The van der Waals surface area contributed by atoms with Crippen LogP contribution in [0.3, 0.4) is 0 Å². The molecule has 0 unspecified atom stereocenters. The van der Waals surface area contributed by atoms with Gasteiger partial charge in [0.25, 0.3) is 5.56 Å². The Hall–Kier alpha value is -1.73. The lowest BCUT2D eigenvalue weighted by atomic mass is 10.4. The minimum Gasteiger partial charge on any atom is -0.315 e. The second-order valence-electron chi connectivity index (χ2n) is 5.16. The maximum absolute atomic E-state index is 12.2. The van der Waals surface area contributed by atoms with Gasteiger partial charge in [-0.3, -0.25) is 14.0 Å². The Morgan fingerprint density at radius 3 is 2.90 bits per heavy atom. The topological polar surface area (TPSA) is 68.0 Å². The van der Waals surface area contributed by atoms with Crippen LogP contribution < -0.4 is 10.9 Å². The van der Waals surface area contributed by atoms with E-state index in [-0.39, 0.29) is 5.56 Å². The first-order valence-electron chi connectivity index (χ1n) is 6.82. The molecule has 0 saturated carbocycles. The van der Waals surface area contributed by atoms with Crippen LogP contribution in [0.25, 0.3) is 11.0 Å². The number of hydrogen-bond donors (Lipinski definition) is 1. The third-order valence-electron chi connectivity index (χ3n) is 3.21. The van der Waals surface area contributed by atoms with Crippen molar-refractivity contribution in [2.24, 2.45) is 7.05 Å². The van der Waals surface area contributed by atoms with Crippen molar-refractivity contribution in [1.82, 2.24) is 29.5 Å². The average molecular weight is 278 g/mol. The van der Waals surface area contributed by atoms with Gasteiger partial charge >= 0.3 is 0 Å². The lowest BCUT2D eigenvalue weighted by molar-refractivity contribution is 0.393. The molecule has 2 rings (SSSR count). The Balaban J connectivity index is 1.87. The van der Waals surface area contributed by atoms with Gasteiger partial charge in [-0.25, -0.2) is 4.98 Å². The number of aromatic nitrogens is 4. The quantitative estimate of drug-likeness (QED) is 0.703. The van der Waals surface area contributed by atoms with Gasteiger partial charge in [0.1, 0.15) is 11.7 Å². The van der Waals surface area contributed by atoms with Crippen LogP contribution >= 0.6 is 0 Å². The highest BCUT2D eigenvalue weighted by atomic mass is 16.1. The largest absolute Gasteiger partial charge is 0.315 e. The monoisotopic (exact) mass is 278 g/mol. The zero-order chi connectivity index (χ0) is 14.5. The van der Waals surface area contributed by atoms with Crippen LogP contribution in [0.5, 0.6) is 0 Å². The van der Waals surface area contributed by atoms with Gasteiger partial charge in [-0.2, -0.15) is 5.10 Å². The van der Waals surface area contributed by atoms with Gasteiger partial charge in [-0.05, 0) is 33.6 Å². The number of aryl methyl sites for hydroxylation is 1. The second-order valence-corrected chi connectivity index (χ2v) is 5.16. The molecule has 0 bridgehead atoms. The van der Waals surface area contributed by atoms with E-state index < -0.39 is 0 Å². The van der Waals surface area contributed by atoms with E-state index in [0.717, 1.165) is 26.1 Å². The molecule has 20 heavy (non-hydrogen) atoms. The van der Waals surface area contributed by atoms with Crippen LogP contribution in [0.4, 0.5) is 0 Å². The zero-order valence-corrected chi connectivity index (χ0v) is 12.3. The van der Waals surface area contributed by atoms with E-state index in [1.165, 1.54) is 0 Å². The van der Waals surface area contributed by atoms with E-state index in [1.807, 2.05) is 0 Å². The maximum Gasteiger partial charge on any atom is 0.264 e. The van der Waals surface area contributed by atoms with Crippen LogP contribution in [0.2, 0.25) is 0 Å². The highest BCUT2D eigenvalue weighted by Gasteiger charge is 2.07. The number of fused-ring (bicyclic) bond motifs is 1. The molecule has 0 amide bonds. The third kappa shape index (κ3) is 3.43. The predicted molar refractivity (Wildman–Crippen MR) is 78.8 cm³/mol. The summed E-state index contributed by atoms with van der Waals surface area (Å²) in [5, 5.41) is 7.96. The van der Waals surface area contributed by atoms with E-state index >= 15 is 0 Å². The summed E-state index contributed by atoms with van der Waals surface area (Å²) in [5.41, 5.74) is 0.600. The molecule has 1 N–H and O–H groups in total. The van der Waals surface area contributed by atoms with Crippen LogP contribution in [0.15, 0.2) is 17.3 Å². The molecule has 0 spiro atoms. The molecule has 0 radical (unpaired) electrons. The van der Waals surface area contributed by atoms with E-state index in [0.29, 0.717) is 17.6 Å². The fraction of sp³-hybridized carbons (Fsp3) is 0.615. The van der Waals surface area contributed by atoms with Crippen molar-refractivity contribution in [2.75, 3.05) is 33.7 Å². The summed E-state index contributed by atoms with van der Waals surface area (Å²) < 4.78 is 3.24. The Morgan fingerprint density at radius 1 is 1.35 bits per heavy atom. The molecule has 0 aromatic carbocycles. The molecule has 7 heteroatoms. The second kappa shape index (κ2) is 6.62. The van der Waals surface area contributed by atoms with Crippen LogP contribution in [0, 0.1) is 0 Å². The smallest absolute Gasteiger partial charge is 0.264 e. The molecule has 2 aromatic heterocycles. The van der Waals surface area contributed by atoms with Crippen molar-refractivity contribution in [3.63, 3.8) is 0 Å². The predicted octanol–water partition coefficient (Wildman–Crippen LogP) is -0.329. The van der Waals surface area contributed by atoms with Gasteiger partial charge in [-0.1, -0.05) is 0 Å². The molecule has 2 aromatic rings. The van der Waals surface area contributed by atoms with Gasteiger partial charge < -0.3 is 10.2 Å². The fourth-order valence-corrected chi connectivity index (χ4v) is 2.07. The lowest BCUT2D eigenvalue weighted by Gasteiger charge is -2.10. The van der Waals surface area contributed by atoms with Crippen molar-refractivity contribution in [2.45, 2.75) is 13.0 Å². The van der Waals surface area contributed by atoms with Gasteiger partial charge in [0.05, 0.1) is 6.20 Å². The van der Waals surface area contributed by atoms with E-state index in [2.05, 4.69) is 34.4 Å². The summed E-state index contributed by atoms with van der Waals surface area (Å²) in [6, 6.07) is 0. The Kier molecular flexibility index (Phi) is 4.86. The molecular weight excluding hydrogens is 256 g/mol. The normalized spacial score (nSPS) is 11.6. The van der Waals surface area contributed by atoms with E-state index in [1.54, 1.807) is 28.8 Å². The summed E-state index contributed by atoms with van der Waals surface area (Å²) in [6.45, 7) is 3.41. The fourth-order valence-electron chi connectivity index (χ4n) is 2.07. The maximum atomic E-state index is 12.2. The number of rotatable bonds is 7. The van der Waals surface area contributed by atoms with Crippen LogP contribution in [-0.4, -0.2) is 58.0 Å². The van der Waals surface area contributed by atoms with Crippen molar-refractivity contribution < 1.29 is 0 Å². The summed E-state index contributed by atoms with van der Waals surface area (Å²) in [4.78, 5) is 18.6. The highest BCUT2D eigenvalue weighted by Crippen LogP contribution is 2.02. The number of nitrogens with zero attached hydrogens (tertiary/aromatic N) is 5. The lowest BCUT2D eigenvalue weighted by Crippen LogP contribution is -2.28. The van der Waals surface area contributed by atoms with Gasteiger partial charge in [-0.15, -0.1) is 0 Å². The Bertz CT molecular complexity index is 615. The molecule has 7 nitrogen and oxygen atoms in total. The Morgan fingerprint density at radius 2 is 2.15 bits per heavy atom. The third-order valence-corrected chi connectivity index (χ3v) is 3.21. The number of nitrogens with one attached hydrogen (secondary N) is 1. The first kappa shape index (κ1) is 14.7. The summed E-state index contributed by atoms with van der Waals surface area (Å²) in [6.07, 6.45) is 4.27. The van der Waals surface area contributed by atoms with E-state index in [9.17, 15) is 4.79 Å². The molecule has 0 saturated heterocycles. The SMILES string of the molecule is CN(C)CCCNCCn1cnc2c(cnn2C)c1=O. The molecule has 110 valence electrons. The van der Waals surface area contributed by atoms with Crippen molar-refractivity contribution in [3.05, 3.63) is 22.9 Å². The minimum absolute atomic E-state index is 0.0295. The molecule has 0 aliphatic heterocycles. The van der Waals surface area contributed by atoms with Crippen molar-refractivity contribution in [3.8, 4) is 0 Å². The summed E-state index contributed by atoms with van der Waals surface area (Å²) in [5.74, 6) is 0. The molecular formula is C13H22N6O. The molecule has 0 aliphatic rings. The van der Waals surface area contributed by atoms with Crippen molar-refractivity contribution >= 4 is 11.0 Å². The van der Waals surface area contributed by atoms with Crippen LogP contribution in [-0.2, 0) is 13.6 Å². The first-order valence-corrected chi connectivity index (χ1v) is 6.82. The van der Waals surface area contributed by atoms with Gasteiger partial charge in [0.2, 0.25) is 0 Å². The standard InChI is InChI=1S/C13H22N6O/c1-17(2)7-4-5-14-6-8-19-10-15-12-11(13(19)20)9-16-18(12)3/h9-10,14H,4-8H2,1-3H3. The molecule has 2 heterocycles. The number of hydrogen-bond acceptors (Lipinski definition) is 5. The zero-order valence-electron chi connectivity index (χ0n) is 12.3. The highest BCUT2D eigenvalue weighted by molar-refractivity contribution is 5.72. The van der Waals surface area contributed by atoms with Crippen molar-refractivity contribution in [1.29, 1.82) is 0 Å². The minimum atomic E-state index is -0.0295. The summed E-state index contributed by atoms with van der Waals surface area (Å²) in [7, 11) is 5.91. The van der Waals surface area contributed by atoms with Gasteiger partial charge in [0.15, 0.2) is 5.65 Å². The molecule has 0 atom stereocenters. The molecule has 0 fully saturated rings. The molecule has 0 aliphatic carbocycles. The van der Waals surface area contributed by atoms with Gasteiger partial charge in [0, 0.05) is 20.1 Å². The first-order chi connectivity index (χ1) is 9.59.